The van der Waals surface area contributed by atoms with Gasteiger partial charge in [0, 0.05) is 23.8 Å². The van der Waals surface area contributed by atoms with Crippen LogP contribution in [0.25, 0.3) is 22.3 Å². The highest BCUT2D eigenvalue weighted by atomic mass is 16.5. The highest BCUT2D eigenvalue weighted by molar-refractivity contribution is 5.86. The monoisotopic (exact) mass is 370 g/mol. The Morgan fingerprint density at radius 3 is 2.30 bits per heavy atom. The van der Waals surface area contributed by atoms with Crippen molar-refractivity contribution in [1.29, 1.82) is 0 Å². The fourth-order valence-electron chi connectivity index (χ4n) is 3.12. The number of aliphatic hydroxyl groups is 1. The minimum atomic E-state index is -0.193. The van der Waals surface area contributed by atoms with Crippen molar-refractivity contribution < 1.29 is 23.7 Å². The second kappa shape index (κ2) is 7.72. The molecule has 2 aromatic carbocycles. The van der Waals surface area contributed by atoms with E-state index in [0.717, 1.165) is 22.4 Å². The van der Waals surface area contributed by atoms with Gasteiger partial charge in [0.05, 0.1) is 20.8 Å². The Bertz CT molecular complexity index is 1010. The average molecular weight is 370 g/mol. The van der Waals surface area contributed by atoms with Crippen LogP contribution in [0.5, 0.6) is 17.2 Å². The predicted molar refractivity (Wildman–Crippen MR) is 103 cm³/mol. The summed E-state index contributed by atoms with van der Waals surface area (Å²) in [6.45, 7) is 4.00. The van der Waals surface area contributed by atoms with Crippen molar-refractivity contribution in [3.05, 3.63) is 51.7 Å². The van der Waals surface area contributed by atoms with Gasteiger partial charge >= 0.3 is 0 Å². The van der Waals surface area contributed by atoms with Crippen LogP contribution in [-0.4, -0.2) is 32.5 Å². The number of hydrogen-bond acceptors (Lipinski definition) is 6. The molecule has 0 aliphatic carbocycles. The summed E-state index contributed by atoms with van der Waals surface area (Å²) in [5.74, 6) is 2.12. The van der Waals surface area contributed by atoms with Crippen LogP contribution in [0.3, 0.4) is 0 Å². The molecule has 0 fully saturated rings. The molecule has 0 bridgehead atoms. The molecule has 142 valence electrons. The number of ether oxygens (including phenoxy) is 3. The molecular formula is C21H22O6. The van der Waals surface area contributed by atoms with Gasteiger partial charge in [-0.25, -0.2) is 0 Å². The Balaban J connectivity index is 2.16. The van der Waals surface area contributed by atoms with Gasteiger partial charge in [-0.1, -0.05) is 0 Å². The van der Waals surface area contributed by atoms with Crippen LogP contribution < -0.4 is 19.6 Å². The Morgan fingerprint density at radius 2 is 1.70 bits per heavy atom. The molecule has 1 heterocycles. The topological polar surface area (TPSA) is 78.1 Å². The summed E-state index contributed by atoms with van der Waals surface area (Å²) in [5.41, 5.74) is 2.75. The van der Waals surface area contributed by atoms with Crippen molar-refractivity contribution >= 4 is 11.0 Å². The van der Waals surface area contributed by atoms with Gasteiger partial charge in [-0.05, 0) is 37.1 Å². The van der Waals surface area contributed by atoms with Gasteiger partial charge in [0.15, 0.2) is 5.43 Å². The summed E-state index contributed by atoms with van der Waals surface area (Å²) in [5, 5.41) is 9.34. The van der Waals surface area contributed by atoms with E-state index >= 15 is 0 Å². The zero-order chi connectivity index (χ0) is 19.6. The van der Waals surface area contributed by atoms with E-state index in [1.807, 2.05) is 26.0 Å². The maximum absolute atomic E-state index is 12.7. The largest absolute Gasteiger partial charge is 0.496 e. The van der Waals surface area contributed by atoms with Crippen molar-refractivity contribution in [1.82, 2.24) is 0 Å². The average Bonchev–Trinajstić information content (AvgIpc) is 2.66. The number of rotatable bonds is 6. The third kappa shape index (κ3) is 3.61. The number of benzene rings is 2. The third-order valence-electron chi connectivity index (χ3n) is 4.31. The molecule has 0 unspecified atom stereocenters. The molecular weight excluding hydrogens is 348 g/mol. The van der Waals surface area contributed by atoms with Crippen LogP contribution in [-0.2, 0) is 0 Å². The SMILES string of the molecule is COc1cc(OC)c2c(=O)cc(-c3cc(C)c(OCCO)c(C)c3)oc2c1. The summed E-state index contributed by atoms with van der Waals surface area (Å²) in [6, 6.07) is 8.56. The number of aryl methyl sites for hydroxylation is 2. The molecule has 6 nitrogen and oxygen atoms in total. The van der Waals surface area contributed by atoms with Gasteiger partial charge in [-0.15, -0.1) is 0 Å². The van der Waals surface area contributed by atoms with E-state index < -0.39 is 0 Å². The van der Waals surface area contributed by atoms with Crippen LogP contribution in [0, 0.1) is 13.8 Å². The van der Waals surface area contributed by atoms with Crippen molar-refractivity contribution in [2.75, 3.05) is 27.4 Å². The maximum atomic E-state index is 12.7. The second-order valence-electron chi connectivity index (χ2n) is 6.19. The van der Waals surface area contributed by atoms with Crippen LogP contribution in [0.15, 0.2) is 39.5 Å². The molecule has 6 heteroatoms. The highest BCUT2D eigenvalue weighted by Crippen LogP contribution is 2.34. The lowest BCUT2D eigenvalue weighted by atomic mass is 10.0. The lowest BCUT2D eigenvalue weighted by molar-refractivity contribution is 0.200. The summed E-state index contributed by atoms with van der Waals surface area (Å²) >= 11 is 0. The fraction of sp³-hybridized carbons (Fsp3) is 0.286. The first-order valence-corrected chi connectivity index (χ1v) is 8.53. The number of fused-ring (bicyclic) bond motifs is 1. The zero-order valence-electron chi connectivity index (χ0n) is 15.8. The molecule has 0 atom stereocenters. The van der Waals surface area contributed by atoms with Gasteiger partial charge in [-0.3, -0.25) is 4.79 Å². The molecule has 3 rings (SSSR count). The van der Waals surface area contributed by atoms with Gasteiger partial charge < -0.3 is 23.7 Å². The number of aliphatic hydroxyl groups excluding tert-OH is 1. The van der Waals surface area contributed by atoms with E-state index in [0.29, 0.717) is 28.2 Å². The van der Waals surface area contributed by atoms with Crippen molar-refractivity contribution in [3.63, 3.8) is 0 Å². The van der Waals surface area contributed by atoms with E-state index in [-0.39, 0.29) is 18.6 Å². The van der Waals surface area contributed by atoms with Gasteiger partial charge in [0.2, 0.25) is 0 Å². The lowest BCUT2D eigenvalue weighted by Crippen LogP contribution is -2.05. The van der Waals surface area contributed by atoms with E-state index in [1.54, 1.807) is 19.2 Å². The minimum absolute atomic E-state index is 0.0517. The van der Waals surface area contributed by atoms with Crippen LogP contribution >= 0.6 is 0 Å². The quantitative estimate of drug-likeness (QED) is 0.716. The smallest absolute Gasteiger partial charge is 0.197 e. The first kappa shape index (κ1) is 18.8. The normalized spacial score (nSPS) is 10.9. The van der Waals surface area contributed by atoms with Crippen LogP contribution in [0.2, 0.25) is 0 Å². The molecule has 1 N–H and O–H groups in total. The number of hydrogen-bond donors (Lipinski definition) is 1. The van der Waals surface area contributed by atoms with E-state index in [4.69, 9.17) is 23.7 Å². The highest BCUT2D eigenvalue weighted by Gasteiger charge is 2.15. The molecule has 0 spiro atoms. The predicted octanol–water partition coefficient (Wildman–Crippen LogP) is 3.47. The molecule has 0 saturated heterocycles. The van der Waals surface area contributed by atoms with Crippen LogP contribution in [0.1, 0.15) is 11.1 Å². The molecule has 0 aliphatic rings. The van der Waals surface area contributed by atoms with E-state index in [9.17, 15) is 4.79 Å². The summed E-state index contributed by atoms with van der Waals surface area (Å²) in [4.78, 5) is 12.7. The molecule has 3 aromatic rings. The first-order valence-electron chi connectivity index (χ1n) is 8.53. The Hall–Kier alpha value is -2.99. The number of methoxy groups -OCH3 is 2. The van der Waals surface area contributed by atoms with Gasteiger partial charge in [-0.2, -0.15) is 0 Å². The third-order valence-corrected chi connectivity index (χ3v) is 4.31. The molecule has 1 aromatic heterocycles. The van der Waals surface area contributed by atoms with Crippen LogP contribution in [0.4, 0.5) is 0 Å². The standard InChI is InChI=1S/C21H22O6/c1-12-7-14(8-13(2)21(12)26-6-5-22)17-11-16(23)20-18(25-4)9-15(24-3)10-19(20)27-17/h7-11,22H,5-6H2,1-4H3. The van der Waals surface area contributed by atoms with Crippen molar-refractivity contribution in [2.45, 2.75) is 13.8 Å². The van der Waals surface area contributed by atoms with E-state index in [2.05, 4.69) is 0 Å². The summed E-state index contributed by atoms with van der Waals surface area (Å²) in [6.07, 6.45) is 0. The lowest BCUT2D eigenvalue weighted by Gasteiger charge is -2.14. The van der Waals surface area contributed by atoms with Crippen molar-refractivity contribution in [3.8, 4) is 28.6 Å². The first-order chi connectivity index (χ1) is 13.0. The fourth-order valence-corrected chi connectivity index (χ4v) is 3.12. The van der Waals surface area contributed by atoms with Crippen molar-refractivity contribution in [2.24, 2.45) is 0 Å². The Labute approximate surface area is 156 Å². The maximum Gasteiger partial charge on any atom is 0.197 e. The van der Waals surface area contributed by atoms with E-state index in [1.165, 1.54) is 13.2 Å². The molecule has 0 radical (unpaired) electrons. The Morgan fingerprint density at radius 1 is 1.00 bits per heavy atom. The molecule has 27 heavy (non-hydrogen) atoms. The summed E-state index contributed by atoms with van der Waals surface area (Å²) < 4.78 is 22.2. The minimum Gasteiger partial charge on any atom is -0.496 e. The second-order valence-corrected chi connectivity index (χ2v) is 6.19. The van der Waals surface area contributed by atoms with Gasteiger partial charge in [0.25, 0.3) is 0 Å². The summed E-state index contributed by atoms with van der Waals surface area (Å²) in [7, 11) is 3.04. The zero-order valence-corrected chi connectivity index (χ0v) is 15.8. The molecule has 0 saturated carbocycles. The molecule has 0 amide bonds. The molecule has 0 aliphatic heterocycles. The van der Waals surface area contributed by atoms with Gasteiger partial charge in [0.1, 0.15) is 40.6 Å². The Kier molecular flexibility index (Phi) is 5.37.